The Morgan fingerprint density at radius 1 is 1.00 bits per heavy atom. The molecule has 3 heterocycles. The maximum absolute atomic E-state index is 13.5. The van der Waals surface area contributed by atoms with E-state index in [1.165, 1.54) is 11.3 Å². The summed E-state index contributed by atoms with van der Waals surface area (Å²) in [5.41, 5.74) is 3.74. The van der Waals surface area contributed by atoms with E-state index in [0.29, 0.717) is 23.9 Å². The fraction of sp³-hybridized carbons (Fsp3) is 0.174. The van der Waals surface area contributed by atoms with Gasteiger partial charge in [0, 0.05) is 17.9 Å². The van der Waals surface area contributed by atoms with E-state index in [1.54, 1.807) is 9.42 Å². The van der Waals surface area contributed by atoms with Crippen molar-refractivity contribution in [1.29, 1.82) is 0 Å². The second-order valence-electron chi connectivity index (χ2n) is 7.34. The van der Waals surface area contributed by atoms with Crippen LogP contribution in [0.4, 0.5) is 5.13 Å². The number of aromatic nitrogens is 5. The highest BCUT2D eigenvalue weighted by Crippen LogP contribution is 2.29. The second-order valence-corrected chi connectivity index (χ2v) is 8.35. The summed E-state index contributed by atoms with van der Waals surface area (Å²) >= 11 is 1.49. The Hall–Kier alpha value is -3.65. The van der Waals surface area contributed by atoms with Crippen molar-refractivity contribution in [2.45, 2.75) is 20.3 Å². The van der Waals surface area contributed by atoms with Crippen molar-refractivity contribution in [3.8, 4) is 0 Å². The van der Waals surface area contributed by atoms with Gasteiger partial charge in [0.05, 0.1) is 10.2 Å². The molecule has 0 unspecified atom stereocenters. The van der Waals surface area contributed by atoms with Gasteiger partial charge in [-0.25, -0.2) is 14.5 Å². The van der Waals surface area contributed by atoms with E-state index in [4.69, 9.17) is 4.98 Å². The third-order valence-corrected chi connectivity index (χ3v) is 6.09. The maximum Gasteiger partial charge on any atom is 0.299 e. The van der Waals surface area contributed by atoms with Crippen LogP contribution < -0.4 is 4.90 Å². The van der Waals surface area contributed by atoms with Gasteiger partial charge in [0.25, 0.3) is 11.7 Å². The van der Waals surface area contributed by atoms with Gasteiger partial charge in [-0.15, -0.1) is 5.10 Å². The molecule has 0 radical (unpaired) electrons. The fourth-order valence-electron chi connectivity index (χ4n) is 3.52. The zero-order chi connectivity index (χ0) is 21.4. The number of anilines is 1. The molecule has 31 heavy (non-hydrogen) atoms. The predicted molar refractivity (Wildman–Crippen MR) is 122 cm³/mol. The summed E-state index contributed by atoms with van der Waals surface area (Å²) in [4.78, 5) is 28.7. The molecule has 0 bridgehead atoms. The minimum Gasteiger partial charge on any atom is -0.281 e. The fourth-order valence-corrected chi connectivity index (χ4v) is 4.51. The molecule has 0 spiro atoms. The van der Waals surface area contributed by atoms with Gasteiger partial charge in [-0.1, -0.05) is 53.8 Å². The number of carbonyl (C=O) groups is 1. The van der Waals surface area contributed by atoms with Gasteiger partial charge in [0.15, 0.2) is 5.13 Å². The SMILES string of the molecule is Cc1cc(C)n2nc(C(=O)N(CCc3ccccc3)c3nc4ccccc4s3)nc2n1. The Kier molecular flexibility index (Phi) is 4.91. The number of carbonyl (C=O) groups excluding carboxylic acids is 1. The number of benzene rings is 2. The number of amides is 1. The summed E-state index contributed by atoms with van der Waals surface area (Å²) in [6.07, 6.45) is 0.701. The average Bonchev–Trinajstić information content (AvgIpc) is 3.39. The van der Waals surface area contributed by atoms with Crippen LogP contribution >= 0.6 is 11.3 Å². The van der Waals surface area contributed by atoms with Crippen LogP contribution in [0.2, 0.25) is 0 Å². The quantitative estimate of drug-likeness (QED) is 0.418. The van der Waals surface area contributed by atoms with Crippen molar-refractivity contribution in [1.82, 2.24) is 24.6 Å². The van der Waals surface area contributed by atoms with Gasteiger partial charge in [-0.05, 0) is 44.0 Å². The van der Waals surface area contributed by atoms with Gasteiger partial charge >= 0.3 is 0 Å². The Morgan fingerprint density at radius 3 is 2.58 bits per heavy atom. The molecule has 5 aromatic rings. The van der Waals surface area contributed by atoms with Crippen molar-refractivity contribution in [3.63, 3.8) is 0 Å². The van der Waals surface area contributed by atoms with Gasteiger partial charge in [0.1, 0.15) is 0 Å². The molecule has 2 aromatic carbocycles. The topological polar surface area (TPSA) is 76.3 Å². The summed E-state index contributed by atoms with van der Waals surface area (Å²) in [6, 6.07) is 19.9. The van der Waals surface area contributed by atoms with E-state index in [0.717, 1.165) is 27.2 Å². The molecule has 7 nitrogen and oxygen atoms in total. The van der Waals surface area contributed by atoms with Crippen LogP contribution in [-0.4, -0.2) is 37.0 Å². The number of aryl methyl sites for hydroxylation is 2. The van der Waals surface area contributed by atoms with Gasteiger partial charge in [0.2, 0.25) is 5.82 Å². The minimum atomic E-state index is -0.280. The van der Waals surface area contributed by atoms with Crippen molar-refractivity contribution >= 4 is 38.4 Å². The van der Waals surface area contributed by atoms with Crippen LogP contribution in [0.3, 0.4) is 0 Å². The number of fused-ring (bicyclic) bond motifs is 2. The molecule has 0 aliphatic rings. The summed E-state index contributed by atoms with van der Waals surface area (Å²) in [7, 11) is 0. The number of nitrogens with zero attached hydrogens (tertiary/aromatic N) is 6. The number of rotatable bonds is 5. The van der Waals surface area contributed by atoms with E-state index in [9.17, 15) is 4.79 Å². The maximum atomic E-state index is 13.5. The van der Waals surface area contributed by atoms with Crippen molar-refractivity contribution < 1.29 is 4.79 Å². The monoisotopic (exact) mass is 428 g/mol. The summed E-state index contributed by atoms with van der Waals surface area (Å²) in [5.74, 6) is 0.263. The molecule has 5 rings (SSSR count). The Labute approximate surface area is 183 Å². The molecular formula is C23H20N6OS. The first kappa shape index (κ1) is 19.3. The first-order valence-electron chi connectivity index (χ1n) is 10.0. The van der Waals surface area contributed by atoms with E-state index >= 15 is 0 Å². The second kappa shape index (κ2) is 7.88. The number of thiazole rings is 1. The van der Waals surface area contributed by atoms with Crippen molar-refractivity contribution in [2.24, 2.45) is 0 Å². The standard InChI is InChI=1S/C23H20N6OS/c1-15-14-16(2)29-22(24-15)26-20(27-29)21(30)28(13-12-17-8-4-3-5-9-17)23-25-18-10-6-7-11-19(18)31-23/h3-11,14H,12-13H2,1-2H3. The molecule has 0 atom stereocenters. The Morgan fingerprint density at radius 2 is 1.77 bits per heavy atom. The first-order chi connectivity index (χ1) is 15.1. The minimum absolute atomic E-state index is 0.119. The first-order valence-corrected chi connectivity index (χ1v) is 10.8. The number of hydrogen-bond donors (Lipinski definition) is 0. The smallest absolute Gasteiger partial charge is 0.281 e. The third-order valence-electron chi connectivity index (χ3n) is 5.04. The highest BCUT2D eigenvalue weighted by Gasteiger charge is 2.25. The zero-order valence-electron chi connectivity index (χ0n) is 17.2. The zero-order valence-corrected chi connectivity index (χ0v) is 18.0. The van der Waals surface area contributed by atoms with Crippen LogP contribution in [0.15, 0.2) is 60.7 Å². The van der Waals surface area contributed by atoms with Crippen LogP contribution in [0, 0.1) is 13.8 Å². The van der Waals surface area contributed by atoms with Crippen LogP contribution in [0.5, 0.6) is 0 Å². The lowest BCUT2D eigenvalue weighted by atomic mass is 10.1. The lowest BCUT2D eigenvalue weighted by Gasteiger charge is -2.18. The Bertz CT molecular complexity index is 1360. The summed E-state index contributed by atoms with van der Waals surface area (Å²) < 4.78 is 2.64. The molecule has 154 valence electrons. The lowest BCUT2D eigenvalue weighted by Crippen LogP contribution is -2.33. The van der Waals surface area contributed by atoms with Crippen LogP contribution in [-0.2, 0) is 6.42 Å². The van der Waals surface area contributed by atoms with Gasteiger partial charge in [-0.2, -0.15) is 4.98 Å². The molecule has 0 aliphatic heterocycles. The molecule has 0 saturated heterocycles. The van der Waals surface area contributed by atoms with Crippen molar-refractivity contribution in [2.75, 3.05) is 11.4 Å². The van der Waals surface area contributed by atoms with Gasteiger partial charge in [-0.3, -0.25) is 9.69 Å². The average molecular weight is 429 g/mol. The van der Waals surface area contributed by atoms with E-state index in [1.807, 2.05) is 62.4 Å². The molecule has 0 fully saturated rings. The van der Waals surface area contributed by atoms with Crippen LogP contribution in [0.1, 0.15) is 27.6 Å². The lowest BCUT2D eigenvalue weighted by molar-refractivity contribution is 0.0977. The molecule has 0 N–H and O–H groups in total. The summed E-state index contributed by atoms with van der Waals surface area (Å²) in [5, 5.41) is 5.08. The number of para-hydroxylation sites is 1. The highest BCUT2D eigenvalue weighted by molar-refractivity contribution is 7.22. The van der Waals surface area contributed by atoms with E-state index in [-0.39, 0.29) is 11.7 Å². The molecular weight excluding hydrogens is 408 g/mol. The largest absolute Gasteiger partial charge is 0.299 e. The van der Waals surface area contributed by atoms with Gasteiger partial charge < -0.3 is 0 Å². The van der Waals surface area contributed by atoms with E-state index in [2.05, 4.69) is 27.2 Å². The molecule has 0 saturated carbocycles. The molecule has 0 aliphatic carbocycles. The predicted octanol–water partition coefficient (Wildman–Crippen LogP) is 4.24. The van der Waals surface area contributed by atoms with Crippen LogP contribution in [0.25, 0.3) is 16.0 Å². The highest BCUT2D eigenvalue weighted by atomic mass is 32.1. The van der Waals surface area contributed by atoms with E-state index < -0.39 is 0 Å². The third kappa shape index (κ3) is 3.77. The Balaban J connectivity index is 1.54. The summed E-state index contributed by atoms with van der Waals surface area (Å²) in [6.45, 7) is 4.30. The molecule has 8 heteroatoms. The molecule has 1 amide bonds. The van der Waals surface area contributed by atoms with Crippen molar-refractivity contribution in [3.05, 3.63) is 83.4 Å². The molecule has 3 aromatic heterocycles. The normalized spacial score (nSPS) is 11.3. The number of hydrogen-bond acceptors (Lipinski definition) is 6.